The molecule has 13 nitrogen and oxygen atoms in total. The fourth-order valence-electron chi connectivity index (χ4n) is 6.91. The van der Waals surface area contributed by atoms with Crippen LogP contribution in [0.1, 0.15) is 24.8 Å². The summed E-state index contributed by atoms with van der Waals surface area (Å²) >= 11 is 0. The molecule has 1 aliphatic carbocycles. The first-order chi connectivity index (χ1) is 23.2. The highest BCUT2D eigenvalue weighted by atomic mass is 32.2. The molecule has 3 heterocycles. The van der Waals surface area contributed by atoms with E-state index in [1.165, 1.54) is 17.5 Å². The zero-order valence-electron chi connectivity index (χ0n) is 27.1. The molecule has 3 unspecified atom stereocenters. The molecule has 8 atom stereocenters. The van der Waals surface area contributed by atoms with Crippen LogP contribution in [-0.2, 0) is 30.7 Å². The average Bonchev–Trinajstić information content (AvgIpc) is 3.79. The largest absolute Gasteiger partial charge is 0.497 e. The maximum absolute atomic E-state index is 14.4. The molecule has 262 valence electrons. The molecular formula is C34H46N4O9S. The lowest BCUT2D eigenvalue weighted by molar-refractivity contribution is -0.0907. The Labute approximate surface area is 281 Å². The summed E-state index contributed by atoms with van der Waals surface area (Å²) in [4.78, 5) is 13.2. The molecule has 1 saturated carbocycles. The van der Waals surface area contributed by atoms with Gasteiger partial charge in [0.15, 0.2) is 6.29 Å². The number of nitrogens with one attached hydrogen (secondary N) is 2. The van der Waals surface area contributed by atoms with Gasteiger partial charge in [0.1, 0.15) is 28.6 Å². The van der Waals surface area contributed by atoms with Gasteiger partial charge in [-0.2, -0.15) is 4.31 Å². The summed E-state index contributed by atoms with van der Waals surface area (Å²) in [5, 5.41) is 17.8. The second-order valence-corrected chi connectivity index (χ2v) is 14.7. The summed E-state index contributed by atoms with van der Waals surface area (Å²) in [6.07, 6.45) is 3.12. The smallest absolute Gasteiger partial charge is 0.407 e. The predicted molar refractivity (Wildman–Crippen MR) is 176 cm³/mol. The van der Waals surface area contributed by atoms with Gasteiger partial charge in [-0.1, -0.05) is 42.5 Å². The third kappa shape index (κ3) is 8.13. The van der Waals surface area contributed by atoms with E-state index in [0.29, 0.717) is 38.3 Å². The fourth-order valence-corrected chi connectivity index (χ4v) is 8.47. The van der Waals surface area contributed by atoms with Crippen molar-refractivity contribution in [1.29, 1.82) is 0 Å². The van der Waals surface area contributed by atoms with Crippen molar-refractivity contribution in [3.8, 4) is 11.5 Å². The van der Waals surface area contributed by atoms with Gasteiger partial charge < -0.3 is 45.2 Å². The molecular weight excluding hydrogens is 640 g/mol. The molecule has 6 rings (SSSR count). The van der Waals surface area contributed by atoms with Gasteiger partial charge in [0, 0.05) is 38.3 Å². The molecule has 0 aromatic heterocycles. The quantitative estimate of drug-likeness (QED) is 0.299. The minimum Gasteiger partial charge on any atom is -0.497 e. The Morgan fingerprint density at radius 1 is 1.19 bits per heavy atom. The van der Waals surface area contributed by atoms with Crippen LogP contribution in [0.3, 0.4) is 0 Å². The van der Waals surface area contributed by atoms with Crippen LogP contribution >= 0.6 is 0 Å². The third-order valence-electron chi connectivity index (χ3n) is 9.57. The van der Waals surface area contributed by atoms with Crippen LogP contribution in [-0.4, -0.2) is 107 Å². The summed E-state index contributed by atoms with van der Waals surface area (Å²) in [7, 11) is -2.71. The minimum absolute atomic E-state index is 0.0401. The number of hydrogen-bond donors (Lipinski definition) is 4. The molecule has 0 radical (unpaired) electrons. The van der Waals surface area contributed by atoms with Crippen molar-refractivity contribution in [2.24, 2.45) is 17.6 Å². The zero-order chi connectivity index (χ0) is 33.7. The number of hydrogen-bond acceptors (Lipinski definition) is 11. The standard InChI is InChI=1S/C34H46N4O9S/c1-43-24-9-10-32-30(19-24)46-25-17-23(27(35)18-25)8-5-12-36-13-14-38(48(32,41)42)20-29(39)28(16-22-6-3-2-4-7-22)37-34(40)47-31-21-45-33-26(31)11-15-44-33/h2-10,19,23,25-29,31,33,36,39H,11-18,20-21,35H2,1H3,(H,37,40)/b8-5-/t23?,25?,26-,27?,28-,29+,31-,33+/m0/s1. The molecule has 5 N–H and O–H groups in total. The van der Waals surface area contributed by atoms with Crippen molar-refractivity contribution in [2.75, 3.05) is 46.5 Å². The summed E-state index contributed by atoms with van der Waals surface area (Å²) < 4.78 is 58.7. The third-order valence-corrected chi connectivity index (χ3v) is 11.5. The van der Waals surface area contributed by atoms with Crippen molar-refractivity contribution in [1.82, 2.24) is 14.9 Å². The molecule has 0 spiro atoms. The molecule has 2 bridgehead atoms. The number of ether oxygens (including phenoxy) is 5. The van der Waals surface area contributed by atoms with Gasteiger partial charge >= 0.3 is 6.09 Å². The molecule has 2 aromatic rings. The Morgan fingerprint density at radius 2 is 2.02 bits per heavy atom. The van der Waals surface area contributed by atoms with Crippen LogP contribution in [0.25, 0.3) is 0 Å². The number of aliphatic hydroxyl groups excluding tert-OH is 1. The number of β-amino-alcohol motifs (C(OH)–C–C–N with tert-alkyl or cyclic N) is 1. The average molecular weight is 687 g/mol. The van der Waals surface area contributed by atoms with E-state index in [-0.39, 0.29) is 67.0 Å². The minimum atomic E-state index is -4.22. The number of carbonyl (C=O) groups is 1. The molecule has 2 saturated heterocycles. The van der Waals surface area contributed by atoms with Crippen LogP contribution in [0, 0.1) is 11.8 Å². The lowest BCUT2D eigenvalue weighted by Gasteiger charge is -2.31. The molecule has 3 fully saturated rings. The van der Waals surface area contributed by atoms with E-state index >= 15 is 0 Å². The topological polar surface area (TPSA) is 171 Å². The maximum Gasteiger partial charge on any atom is 0.407 e. The number of sulfonamides is 1. The van der Waals surface area contributed by atoms with Gasteiger partial charge in [-0.05, 0) is 49.3 Å². The number of alkyl carbamates (subject to hydrolysis) is 1. The van der Waals surface area contributed by atoms with Crippen molar-refractivity contribution < 1.29 is 42.0 Å². The Hall–Kier alpha value is -3.24. The monoisotopic (exact) mass is 686 g/mol. The molecule has 2 aromatic carbocycles. The fraction of sp³-hybridized carbons (Fsp3) is 0.559. The van der Waals surface area contributed by atoms with Gasteiger partial charge in [-0.15, -0.1) is 0 Å². The van der Waals surface area contributed by atoms with E-state index in [0.717, 1.165) is 12.0 Å². The number of amides is 1. The second-order valence-electron chi connectivity index (χ2n) is 12.8. The summed E-state index contributed by atoms with van der Waals surface area (Å²) in [5.41, 5.74) is 7.26. The number of nitrogens with zero attached hydrogens (tertiary/aromatic N) is 1. The molecule has 48 heavy (non-hydrogen) atoms. The first-order valence-electron chi connectivity index (χ1n) is 16.6. The molecule has 14 heteroatoms. The second kappa shape index (κ2) is 15.5. The summed E-state index contributed by atoms with van der Waals surface area (Å²) in [6, 6.07) is 13.0. The van der Waals surface area contributed by atoms with Crippen LogP contribution in [0.2, 0.25) is 0 Å². The van der Waals surface area contributed by atoms with Gasteiger partial charge in [-0.25, -0.2) is 13.2 Å². The van der Waals surface area contributed by atoms with E-state index in [1.807, 2.05) is 36.4 Å². The van der Waals surface area contributed by atoms with E-state index < -0.39 is 34.4 Å². The van der Waals surface area contributed by atoms with Crippen molar-refractivity contribution in [2.45, 2.75) is 67.3 Å². The Bertz CT molecular complexity index is 1530. The highest BCUT2D eigenvalue weighted by Crippen LogP contribution is 2.36. The van der Waals surface area contributed by atoms with Crippen LogP contribution in [0.5, 0.6) is 11.5 Å². The first-order valence-corrected chi connectivity index (χ1v) is 18.1. The molecule has 1 amide bonds. The number of carbonyl (C=O) groups excluding carboxylic acids is 1. The Morgan fingerprint density at radius 3 is 2.83 bits per heavy atom. The van der Waals surface area contributed by atoms with Crippen LogP contribution in [0.15, 0.2) is 65.6 Å². The van der Waals surface area contributed by atoms with Crippen LogP contribution < -0.4 is 25.8 Å². The van der Waals surface area contributed by atoms with E-state index in [2.05, 4.69) is 16.7 Å². The van der Waals surface area contributed by atoms with Gasteiger partial charge in [-0.3, -0.25) is 0 Å². The highest BCUT2D eigenvalue weighted by molar-refractivity contribution is 7.89. The SMILES string of the molecule is COc1ccc2c(c1)OC1CC(N)C(/C=C\CNCCN(C[C@@H](O)[C@H](Cc3ccccc3)NC(=O)O[C@H]3CO[C@H]4OCC[C@H]43)S2(=O)=O)C1. The van der Waals surface area contributed by atoms with Crippen molar-refractivity contribution >= 4 is 16.1 Å². The molecule has 3 aliphatic heterocycles. The van der Waals surface area contributed by atoms with Gasteiger partial charge in [0.2, 0.25) is 10.0 Å². The Balaban J connectivity index is 1.25. The first kappa shape index (κ1) is 34.6. The lowest BCUT2D eigenvalue weighted by atomic mass is 10.0. The van der Waals surface area contributed by atoms with Crippen molar-refractivity contribution in [3.63, 3.8) is 0 Å². The number of fused-ring (bicyclic) bond motifs is 4. The number of methoxy groups -OCH3 is 1. The maximum atomic E-state index is 14.4. The summed E-state index contributed by atoms with van der Waals surface area (Å²) in [5.74, 6) is 0.678. The van der Waals surface area contributed by atoms with Gasteiger partial charge in [0.25, 0.3) is 0 Å². The number of aliphatic hydroxyl groups is 1. The van der Waals surface area contributed by atoms with Gasteiger partial charge in [0.05, 0.1) is 38.4 Å². The zero-order valence-corrected chi connectivity index (χ0v) is 27.9. The predicted octanol–water partition coefficient (Wildman–Crippen LogP) is 1.79. The Kier molecular flexibility index (Phi) is 11.2. The number of rotatable bonds is 8. The normalized spacial score (nSPS) is 30.6. The molecule has 4 aliphatic rings. The van der Waals surface area contributed by atoms with E-state index in [9.17, 15) is 18.3 Å². The highest BCUT2D eigenvalue weighted by Gasteiger charge is 2.44. The van der Waals surface area contributed by atoms with Crippen LogP contribution in [0.4, 0.5) is 4.79 Å². The number of nitrogens with two attached hydrogens (primary N) is 1. The van der Waals surface area contributed by atoms with E-state index in [1.54, 1.807) is 12.1 Å². The lowest BCUT2D eigenvalue weighted by Crippen LogP contribution is -2.52. The number of benzene rings is 2. The summed E-state index contributed by atoms with van der Waals surface area (Å²) in [6.45, 7) is 1.36. The van der Waals surface area contributed by atoms with Crippen molar-refractivity contribution in [3.05, 3.63) is 66.2 Å². The van der Waals surface area contributed by atoms with E-state index in [4.69, 9.17) is 29.4 Å².